The summed E-state index contributed by atoms with van der Waals surface area (Å²) in [6, 6.07) is 2.58. The van der Waals surface area contributed by atoms with Crippen molar-refractivity contribution in [3.8, 4) is 0 Å². The Morgan fingerprint density at radius 2 is 2.11 bits per heavy atom. The molecule has 0 atom stereocenters. The van der Waals surface area contributed by atoms with Crippen LogP contribution < -0.4 is 5.32 Å². The zero-order valence-corrected chi connectivity index (χ0v) is 12.2. The molecule has 1 heterocycles. The molecule has 1 aliphatic carbocycles. The van der Waals surface area contributed by atoms with Gasteiger partial charge < -0.3 is 10.2 Å². The Morgan fingerprint density at radius 1 is 1.42 bits per heavy atom. The Hall–Kier alpha value is -1.13. The van der Waals surface area contributed by atoms with Gasteiger partial charge >= 0.3 is 0 Å². The van der Waals surface area contributed by atoms with Gasteiger partial charge in [-0.3, -0.25) is 9.78 Å². The lowest BCUT2D eigenvalue weighted by atomic mass is 9.90. The van der Waals surface area contributed by atoms with Crippen LogP contribution in [0.2, 0.25) is 5.02 Å². The van der Waals surface area contributed by atoms with Crippen molar-refractivity contribution in [3.05, 3.63) is 29.0 Å². The molecule has 1 aromatic heterocycles. The summed E-state index contributed by atoms with van der Waals surface area (Å²) >= 11 is 6.03. The van der Waals surface area contributed by atoms with Gasteiger partial charge in [-0.1, -0.05) is 11.6 Å². The third kappa shape index (κ3) is 3.25. The van der Waals surface area contributed by atoms with E-state index in [9.17, 15) is 4.79 Å². The fourth-order valence-corrected chi connectivity index (χ4v) is 2.86. The highest BCUT2D eigenvalue weighted by molar-refractivity contribution is 6.33. The Labute approximate surface area is 119 Å². The fraction of sp³-hybridized carbons (Fsp3) is 0.571. The first-order valence-corrected chi connectivity index (χ1v) is 7.05. The molecule has 0 saturated heterocycles. The number of aromatic nitrogens is 1. The Morgan fingerprint density at radius 3 is 2.68 bits per heavy atom. The monoisotopic (exact) mass is 281 g/mol. The average Bonchev–Trinajstić information content (AvgIpc) is 2.46. The Balaban J connectivity index is 2.02. The van der Waals surface area contributed by atoms with Crippen LogP contribution in [0.25, 0.3) is 0 Å². The molecule has 1 fully saturated rings. The summed E-state index contributed by atoms with van der Waals surface area (Å²) in [7, 11) is 3.86. The van der Waals surface area contributed by atoms with E-state index in [1.54, 1.807) is 12.3 Å². The lowest BCUT2D eigenvalue weighted by Gasteiger charge is -2.34. The molecule has 1 aliphatic rings. The third-order valence-electron chi connectivity index (χ3n) is 3.98. The van der Waals surface area contributed by atoms with Crippen LogP contribution in [0.1, 0.15) is 36.0 Å². The molecule has 4 nitrogen and oxygen atoms in total. The van der Waals surface area contributed by atoms with E-state index in [1.807, 2.05) is 19.0 Å². The first-order valence-electron chi connectivity index (χ1n) is 6.67. The van der Waals surface area contributed by atoms with Crippen LogP contribution in [0.3, 0.4) is 0 Å². The molecule has 19 heavy (non-hydrogen) atoms. The van der Waals surface area contributed by atoms with Crippen molar-refractivity contribution in [3.63, 3.8) is 0 Å². The second kappa shape index (κ2) is 6.35. The minimum atomic E-state index is -0.0136. The number of nitrogens with one attached hydrogen (secondary N) is 1. The number of rotatable bonds is 3. The molecule has 5 heteroatoms. The maximum Gasteiger partial charge on any atom is 0.255 e. The summed E-state index contributed by atoms with van der Waals surface area (Å²) in [5.41, 5.74) is 0.537. The van der Waals surface area contributed by atoms with E-state index in [0.717, 1.165) is 25.7 Å². The summed E-state index contributed by atoms with van der Waals surface area (Å²) in [6.07, 6.45) is 7.42. The number of hydrogen-bond acceptors (Lipinski definition) is 3. The van der Waals surface area contributed by atoms with Gasteiger partial charge in [-0.15, -0.1) is 0 Å². The molecule has 0 aromatic carbocycles. The van der Waals surface area contributed by atoms with Crippen LogP contribution in [-0.4, -0.2) is 42.0 Å². The van der Waals surface area contributed by atoms with Crippen molar-refractivity contribution in [2.45, 2.75) is 37.8 Å². The molecule has 1 saturated carbocycles. The predicted octanol–water partition coefficient (Wildman–Crippen LogP) is 2.34. The summed E-state index contributed by atoms with van der Waals surface area (Å²) in [5.74, 6) is -0.0136. The molecular weight excluding hydrogens is 262 g/mol. The van der Waals surface area contributed by atoms with Gasteiger partial charge in [-0.25, -0.2) is 0 Å². The van der Waals surface area contributed by atoms with Gasteiger partial charge in [0.2, 0.25) is 0 Å². The van der Waals surface area contributed by atoms with Crippen LogP contribution in [0.5, 0.6) is 0 Å². The van der Waals surface area contributed by atoms with Gasteiger partial charge in [0.15, 0.2) is 0 Å². The van der Waals surface area contributed by atoms with Crippen molar-refractivity contribution in [1.29, 1.82) is 0 Å². The van der Waals surface area contributed by atoms with Crippen LogP contribution >= 0.6 is 11.6 Å². The Bertz CT molecular complexity index is 444. The molecule has 1 N–H and O–H groups in total. The first kappa shape index (κ1) is 14.3. The van der Waals surface area contributed by atoms with Gasteiger partial charge in [0.05, 0.1) is 10.6 Å². The lowest BCUT2D eigenvalue weighted by molar-refractivity contribution is 0.0686. The van der Waals surface area contributed by atoms with Crippen LogP contribution in [0, 0.1) is 0 Å². The molecule has 1 amide bonds. The summed E-state index contributed by atoms with van der Waals surface area (Å²) in [6.45, 7) is 0. The molecule has 0 aliphatic heterocycles. The minimum Gasteiger partial charge on any atom is -0.339 e. The van der Waals surface area contributed by atoms with Crippen LogP contribution in [0.15, 0.2) is 18.5 Å². The highest BCUT2D eigenvalue weighted by Crippen LogP contribution is 2.24. The third-order valence-corrected chi connectivity index (χ3v) is 4.28. The zero-order chi connectivity index (χ0) is 13.8. The number of halogens is 1. The van der Waals surface area contributed by atoms with E-state index in [2.05, 4.69) is 10.3 Å². The fourth-order valence-electron chi connectivity index (χ4n) is 2.66. The largest absolute Gasteiger partial charge is 0.339 e. The van der Waals surface area contributed by atoms with Gasteiger partial charge in [0.25, 0.3) is 5.91 Å². The van der Waals surface area contributed by atoms with E-state index >= 15 is 0 Å². The molecule has 0 radical (unpaired) electrons. The molecular formula is C14H20ClN3O. The topological polar surface area (TPSA) is 45.2 Å². The zero-order valence-electron chi connectivity index (χ0n) is 11.4. The lowest BCUT2D eigenvalue weighted by Crippen LogP contribution is -2.42. The Kier molecular flexibility index (Phi) is 4.77. The second-order valence-electron chi connectivity index (χ2n) is 5.07. The number of amides is 1. The summed E-state index contributed by atoms with van der Waals surface area (Å²) in [5, 5.41) is 3.72. The predicted molar refractivity (Wildman–Crippen MR) is 76.4 cm³/mol. The highest BCUT2D eigenvalue weighted by Gasteiger charge is 2.27. The number of carbonyl (C=O) groups excluding carboxylic acids is 1. The smallest absolute Gasteiger partial charge is 0.255 e. The molecule has 0 spiro atoms. The van der Waals surface area contributed by atoms with E-state index in [1.165, 1.54) is 6.20 Å². The summed E-state index contributed by atoms with van der Waals surface area (Å²) in [4.78, 5) is 18.1. The van der Waals surface area contributed by atoms with Crippen molar-refractivity contribution < 1.29 is 4.79 Å². The molecule has 104 valence electrons. The SMILES string of the molecule is CNC1CCC(N(C)C(=O)c2ccncc2Cl)CC1. The van der Waals surface area contributed by atoms with Crippen molar-refractivity contribution in [2.75, 3.05) is 14.1 Å². The molecule has 0 unspecified atom stereocenters. The van der Waals surface area contributed by atoms with E-state index in [0.29, 0.717) is 22.7 Å². The number of hydrogen-bond donors (Lipinski definition) is 1. The highest BCUT2D eigenvalue weighted by atomic mass is 35.5. The first-order chi connectivity index (χ1) is 9.13. The normalized spacial score (nSPS) is 23.1. The van der Waals surface area contributed by atoms with E-state index in [-0.39, 0.29) is 5.91 Å². The van der Waals surface area contributed by atoms with Crippen LogP contribution in [0.4, 0.5) is 0 Å². The number of carbonyl (C=O) groups is 1. The van der Waals surface area contributed by atoms with E-state index < -0.39 is 0 Å². The van der Waals surface area contributed by atoms with Crippen molar-refractivity contribution in [1.82, 2.24) is 15.2 Å². The van der Waals surface area contributed by atoms with Crippen molar-refractivity contribution >= 4 is 17.5 Å². The molecule has 0 bridgehead atoms. The van der Waals surface area contributed by atoms with Gasteiger partial charge in [-0.05, 0) is 38.8 Å². The van der Waals surface area contributed by atoms with Gasteiger partial charge in [0, 0.05) is 31.5 Å². The average molecular weight is 282 g/mol. The maximum atomic E-state index is 12.4. The van der Waals surface area contributed by atoms with Gasteiger partial charge in [-0.2, -0.15) is 0 Å². The maximum absolute atomic E-state index is 12.4. The number of nitrogens with zero attached hydrogens (tertiary/aromatic N) is 2. The standard InChI is InChI=1S/C14H20ClN3O/c1-16-10-3-5-11(6-4-10)18(2)14(19)12-7-8-17-9-13(12)15/h7-11,16H,3-6H2,1-2H3. The molecule has 2 rings (SSSR count). The van der Waals surface area contributed by atoms with E-state index in [4.69, 9.17) is 11.6 Å². The summed E-state index contributed by atoms with van der Waals surface area (Å²) < 4.78 is 0. The quantitative estimate of drug-likeness (QED) is 0.925. The molecule has 1 aromatic rings. The second-order valence-corrected chi connectivity index (χ2v) is 5.47. The van der Waals surface area contributed by atoms with Crippen molar-refractivity contribution in [2.24, 2.45) is 0 Å². The minimum absolute atomic E-state index is 0.0136. The number of pyridine rings is 1. The van der Waals surface area contributed by atoms with Crippen LogP contribution in [-0.2, 0) is 0 Å². The van der Waals surface area contributed by atoms with Gasteiger partial charge in [0.1, 0.15) is 0 Å².